The van der Waals surface area contributed by atoms with E-state index in [0.717, 1.165) is 0 Å². The SMILES string of the molecule is CNc1nc(Cl)c2ncn(C3OC(CO)C4OC(C)(C)OC43)c2n1. The van der Waals surface area contributed by atoms with E-state index in [1.54, 1.807) is 17.9 Å². The maximum absolute atomic E-state index is 9.60. The third kappa shape index (κ3) is 2.35. The van der Waals surface area contributed by atoms with E-state index in [1.807, 2.05) is 13.8 Å². The first kappa shape index (κ1) is 16.0. The minimum atomic E-state index is -0.746. The van der Waals surface area contributed by atoms with Crippen LogP contribution in [0.4, 0.5) is 5.95 Å². The van der Waals surface area contributed by atoms with E-state index in [9.17, 15) is 5.11 Å². The van der Waals surface area contributed by atoms with Gasteiger partial charge in [0.05, 0.1) is 12.9 Å². The van der Waals surface area contributed by atoms with Gasteiger partial charge in [-0.25, -0.2) is 4.98 Å². The van der Waals surface area contributed by atoms with Gasteiger partial charge in [0.15, 0.2) is 22.8 Å². The minimum Gasteiger partial charge on any atom is -0.394 e. The summed E-state index contributed by atoms with van der Waals surface area (Å²) in [6, 6.07) is 0. The Kier molecular flexibility index (Phi) is 3.66. The molecule has 4 unspecified atom stereocenters. The van der Waals surface area contributed by atoms with Crippen molar-refractivity contribution in [2.24, 2.45) is 0 Å². The van der Waals surface area contributed by atoms with Crippen LogP contribution in [-0.2, 0) is 14.2 Å². The Morgan fingerprint density at radius 2 is 2.08 bits per heavy atom. The van der Waals surface area contributed by atoms with E-state index < -0.39 is 18.1 Å². The molecule has 2 N–H and O–H groups in total. The zero-order valence-corrected chi connectivity index (χ0v) is 14.2. The zero-order chi connectivity index (χ0) is 17.1. The second kappa shape index (κ2) is 5.50. The first-order valence-electron chi connectivity index (χ1n) is 7.63. The number of aliphatic hydroxyl groups excluding tert-OH is 1. The van der Waals surface area contributed by atoms with Gasteiger partial charge in [0.1, 0.15) is 23.8 Å². The summed E-state index contributed by atoms with van der Waals surface area (Å²) in [6.07, 6.45) is -0.189. The number of halogens is 1. The molecule has 2 aromatic rings. The molecule has 2 aliphatic heterocycles. The van der Waals surface area contributed by atoms with Crippen LogP contribution in [0.1, 0.15) is 20.1 Å². The molecule has 24 heavy (non-hydrogen) atoms. The highest BCUT2D eigenvalue weighted by Gasteiger charge is 2.56. The van der Waals surface area contributed by atoms with Crippen LogP contribution >= 0.6 is 11.6 Å². The van der Waals surface area contributed by atoms with Gasteiger partial charge in [0.25, 0.3) is 0 Å². The summed E-state index contributed by atoms with van der Waals surface area (Å²) in [5.74, 6) is -0.365. The topological polar surface area (TPSA) is 104 Å². The largest absolute Gasteiger partial charge is 0.394 e. The average Bonchev–Trinajstić information content (AvgIpc) is 3.17. The third-order valence-electron chi connectivity index (χ3n) is 4.18. The first-order chi connectivity index (χ1) is 11.4. The summed E-state index contributed by atoms with van der Waals surface area (Å²) >= 11 is 6.17. The number of fused-ring (bicyclic) bond motifs is 2. The lowest BCUT2D eigenvalue weighted by Crippen LogP contribution is -2.31. The Bertz CT molecular complexity index is 782. The molecule has 0 aliphatic carbocycles. The Morgan fingerprint density at radius 1 is 1.33 bits per heavy atom. The number of hydrogen-bond acceptors (Lipinski definition) is 8. The Morgan fingerprint density at radius 3 is 2.79 bits per heavy atom. The van der Waals surface area contributed by atoms with E-state index >= 15 is 0 Å². The van der Waals surface area contributed by atoms with Gasteiger partial charge in [-0.15, -0.1) is 0 Å². The molecule has 2 aromatic heterocycles. The first-order valence-corrected chi connectivity index (χ1v) is 8.01. The van der Waals surface area contributed by atoms with Gasteiger partial charge in [-0.05, 0) is 13.8 Å². The standard InChI is InChI=1S/C14H18ClN5O4/c1-14(2)23-8-6(4-21)22-12(9(8)24-14)20-5-17-7-10(15)18-13(16-3)19-11(7)20/h5-6,8-9,12,21H,4H2,1-3H3,(H,16,18,19). The molecule has 2 saturated heterocycles. The Balaban J connectivity index is 1.78. The van der Waals surface area contributed by atoms with Crippen molar-refractivity contribution in [1.82, 2.24) is 19.5 Å². The summed E-state index contributed by atoms with van der Waals surface area (Å²) in [7, 11) is 1.71. The second-order valence-corrected chi connectivity index (χ2v) is 6.58. The number of hydrogen-bond donors (Lipinski definition) is 2. The van der Waals surface area contributed by atoms with Crippen LogP contribution in [0.5, 0.6) is 0 Å². The van der Waals surface area contributed by atoms with Crippen molar-refractivity contribution in [3.8, 4) is 0 Å². The maximum atomic E-state index is 9.60. The number of anilines is 1. The van der Waals surface area contributed by atoms with Crippen molar-refractivity contribution < 1.29 is 19.3 Å². The van der Waals surface area contributed by atoms with Crippen LogP contribution in [0.15, 0.2) is 6.33 Å². The van der Waals surface area contributed by atoms with Crippen molar-refractivity contribution in [2.45, 2.75) is 44.2 Å². The van der Waals surface area contributed by atoms with Gasteiger partial charge in [-0.2, -0.15) is 9.97 Å². The van der Waals surface area contributed by atoms with Crippen LogP contribution in [0, 0.1) is 0 Å². The molecular formula is C14H18ClN5O4. The van der Waals surface area contributed by atoms with Gasteiger partial charge in [0, 0.05) is 7.05 Å². The van der Waals surface area contributed by atoms with Gasteiger partial charge < -0.3 is 24.6 Å². The van der Waals surface area contributed by atoms with Crippen LogP contribution in [0.2, 0.25) is 5.15 Å². The highest BCUT2D eigenvalue weighted by atomic mass is 35.5. The Labute approximate surface area is 142 Å². The highest BCUT2D eigenvalue weighted by molar-refractivity contribution is 6.33. The summed E-state index contributed by atoms with van der Waals surface area (Å²) < 4.78 is 19.5. The number of aromatic nitrogens is 4. The summed E-state index contributed by atoms with van der Waals surface area (Å²) in [4.78, 5) is 12.8. The lowest BCUT2D eigenvalue weighted by Gasteiger charge is -2.24. The molecule has 0 radical (unpaired) electrons. The minimum absolute atomic E-state index is 0.165. The van der Waals surface area contributed by atoms with Gasteiger partial charge in [-0.3, -0.25) is 4.57 Å². The molecule has 0 aromatic carbocycles. The number of nitrogens with zero attached hydrogens (tertiary/aromatic N) is 4. The fraction of sp³-hybridized carbons (Fsp3) is 0.643. The molecule has 9 nitrogen and oxygen atoms in total. The maximum Gasteiger partial charge on any atom is 0.225 e. The molecule has 0 amide bonds. The van der Waals surface area contributed by atoms with Crippen molar-refractivity contribution in [1.29, 1.82) is 0 Å². The number of rotatable bonds is 3. The highest BCUT2D eigenvalue weighted by Crippen LogP contribution is 2.43. The fourth-order valence-electron chi connectivity index (χ4n) is 3.21. The summed E-state index contributed by atoms with van der Waals surface area (Å²) in [5.41, 5.74) is 0.997. The molecule has 4 rings (SSSR count). The lowest BCUT2D eigenvalue weighted by molar-refractivity contribution is -0.199. The van der Waals surface area contributed by atoms with Gasteiger partial charge in [0.2, 0.25) is 5.95 Å². The molecule has 0 saturated carbocycles. The van der Waals surface area contributed by atoms with Gasteiger partial charge >= 0.3 is 0 Å². The summed E-state index contributed by atoms with van der Waals surface area (Å²) in [5, 5.41) is 12.7. The molecule has 2 aliphatic rings. The van der Waals surface area contributed by atoms with Crippen LogP contribution in [0.25, 0.3) is 11.2 Å². The normalized spacial score (nSPS) is 31.5. The van der Waals surface area contributed by atoms with Crippen molar-refractivity contribution in [3.63, 3.8) is 0 Å². The van der Waals surface area contributed by atoms with Crippen LogP contribution < -0.4 is 5.32 Å². The average molecular weight is 356 g/mol. The van der Waals surface area contributed by atoms with E-state index in [4.69, 9.17) is 25.8 Å². The molecule has 2 fully saturated rings. The molecule has 4 atom stereocenters. The zero-order valence-electron chi connectivity index (χ0n) is 13.4. The van der Waals surface area contributed by atoms with Crippen molar-refractivity contribution >= 4 is 28.7 Å². The number of ether oxygens (including phenoxy) is 3. The van der Waals surface area contributed by atoms with Gasteiger partial charge in [-0.1, -0.05) is 11.6 Å². The predicted octanol–water partition coefficient (Wildman–Crippen LogP) is 0.931. The van der Waals surface area contributed by atoms with Crippen LogP contribution in [-0.4, -0.2) is 62.4 Å². The van der Waals surface area contributed by atoms with E-state index in [2.05, 4.69) is 20.3 Å². The molecule has 10 heteroatoms. The lowest BCUT2D eigenvalue weighted by atomic mass is 10.1. The Hall–Kier alpha value is -1.52. The van der Waals surface area contributed by atoms with E-state index in [0.29, 0.717) is 17.1 Å². The predicted molar refractivity (Wildman–Crippen MR) is 84.7 cm³/mol. The number of aliphatic hydroxyl groups is 1. The fourth-order valence-corrected chi connectivity index (χ4v) is 3.42. The van der Waals surface area contributed by atoms with E-state index in [-0.39, 0.29) is 24.0 Å². The monoisotopic (exact) mass is 355 g/mol. The number of nitrogens with one attached hydrogen (secondary N) is 1. The molecular weight excluding hydrogens is 338 g/mol. The quantitative estimate of drug-likeness (QED) is 0.784. The smallest absolute Gasteiger partial charge is 0.225 e. The third-order valence-corrected chi connectivity index (χ3v) is 4.45. The van der Waals surface area contributed by atoms with Crippen molar-refractivity contribution in [2.75, 3.05) is 19.0 Å². The molecule has 0 spiro atoms. The molecule has 4 heterocycles. The molecule has 130 valence electrons. The number of imidazole rings is 1. The second-order valence-electron chi connectivity index (χ2n) is 6.22. The van der Waals surface area contributed by atoms with Crippen molar-refractivity contribution in [3.05, 3.63) is 11.5 Å². The molecule has 0 bridgehead atoms. The summed E-state index contributed by atoms with van der Waals surface area (Å²) in [6.45, 7) is 3.50. The van der Waals surface area contributed by atoms with E-state index in [1.165, 1.54) is 0 Å². The van der Waals surface area contributed by atoms with Crippen LogP contribution in [0.3, 0.4) is 0 Å².